The largest absolute Gasteiger partial charge is 0.344 e. The van der Waals surface area contributed by atoms with Crippen LogP contribution in [0.3, 0.4) is 0 Å². The summed E-state index contributed by atoms with van der Waals surface area (Å²) < 4.78 is 13.6. The van der Waals surface area contributed by atoms with Crippen molar-refractivity contribution in [3.63, 3.8) is 0 Å². The molecule has 0 aromatic heterocycles. The quantitative estimate of drug-likeness (QED) is 0.716. The molecule has 1 heterocycles. The Labute approximate surface area is 116 Å². The highest BCUT2D eigenvalue weighted by Crippen LogP contribution is 2.47. The Balaban J connectivity index is 1.87. The van der Waals surface area contributed by atoms with Crippen LogP contribution >= 0.6 is 22.6 Å². The molecule has 1 saturated carbocycles. The highest BCUT2D eigenvalue weighted by atomic mass is 127. The molecule has 1 aliphatic carbocycles. The smallest absolute Gasteiger partial charge is 0.169 e. The Morgan fingerprint density at radius 3 is 2.59 bits per heavy atom. The van der Waals surface area contributed by atoms with Crippen LogP contribution in [-0.4, -0.2) is 11.9 Å². The van der Waals surface area contributed by atoms with Crippen molar-refractivity contribution in [1.82, 2.24) is 0 Å². The summed E-state index contributed by atoms with van der Waals surface area (Å²) >= 11 is 2.38. The maximum absolute atomic E-state index is 6.26. The summed E-state index contributed by atoms with van der Waals surface area (Å²) in [5, 5.41) is 0. The van der Waals surface area contributed by atoms with Gasteiger partial charge in [-0.3, -0.25) is 0 Å². The van der Waals surface area contributed by atoms with Crippen molar-refractivity contribution in [2.75, 3.05) is 0 Å². The molecule has 2 aliphatic rings. The van der Waals surface area contributed by atoms with Gasteiger partial charge in [-0.15, -0.1) is 0 Å². The summed E-state index contributed by atoms with van der Waals surface area (Å²) in [4.78, 5) is 0. The first-order valence-electron chi connectivity index (χ1n) is 6.30. The zero-order valence-corrected chi connectivity index (χ0v) is 12.1. The Hall–Kier alpha value is -0.130. The molecule has 0 amide bonds. The molecule has 0 bridgehead atoms. The number of benzene rings is 1. The molecule has 1 aromatic carbocycles. The van der Waals surface area contributed by atoms with Gasteiger partial charge in [0.05, 0.1) is 6.10 Å². The fraction of sp³-hybridized carbons (Fsp3) is 0.571. The van der Waals surface area contributed by atoms with Gasteiger partial charge in [-0.25, -0.2) is 0 Å². The molecule has 2 fully saturated rings. The molecule has 17 heavy (non-hydrogen) atoms. The molecule has 3 rings (SSSR count). The third-order valence-electron chi connectivity index (χ3n) is 3.75. The maximum Gasteiger partial charge on any atom is 0.169 e. The number of ether oxygens (including phenoxy) is 2. The minimum atomic E-state index is -0.275. The van der Waals surface area contributed by atoms with Gasteiger partial charge in [-0.2, -0.15) is 0 Å². The van der Waals surface area contributed by atoms with Crippen molar-refractivity contribution < 1.29 is 9.47 Å². The second kappa shape index (κ2) is 4.52. The molecular weight excluding hydrogens is 327 g/mol. The van der Waals surface area contributed by atoms with Crippen molar-refractivity contribution in [1.29, 1.82) is 0 Å². The third kappa shape index (κ3) is 2.13. The number of hydrogen-bond donors (Lipinski definition) is 0. The van der Waals surface area contributed by atoms with Crippen molar-refractivity contribution in [3.8, 4) is 0 Å². The van der Waals surface area contributed by atoms with Crippen LogP contribution in [0, 0.1) is 3.57 Å². The van der Waals surface area contributed by atoms with Crippen LogP contribution in [0.15, 0.2) is 24.3 Å². The summed E-state index contributed by atoms with van der Waals surface area (Å²) in [6.07, 6.45) is 4.82. The SMILES string of the molecule is C[C@H]1OC2(CCCC2)O[C@@H]1c1ccccc1I. The Kier molecular flexibility index (Phi) is 3.17. The van der Waals surface area contributed by atoms with Gasteiger partial charge in [-0.05, 0) is 54.0 Å². The second-order valence-electron chi connectivity index (χ2n) is 5.00. The number of rotatable bonds is 1. The Morgan fingerprint density at radius 1 is 1.18 bits per heavy atom. The molecule has 0 unspecified atom stereocenters. The van der Waals surface area contributed by atoms with Crippen LogP contribution in [0.25, 0.3) is 0 Å². The van der Waals surface area contributed by atoms with E-state index >= 15 is 0 Å². The molecule has 1 aromatic rings. The van der Waals surface area contributed by atoms with Crippen LogP contribution in [-0.2, 0) is 9.47 Å². The Morgan fingerprint density at radius 2 is 1.88 bits per heavy atom. The highest BCUT2D eigenvalue weighted by molar-refractivity contribution is 14.1. The first-order valence-corrected chi connectivity index (χ1v) is 7.38. The second-order valence-corrected chi connectivity index (χ2v) is 6.16. The summed E-state index contributed by atoms with van der Waals surface area (Å²) in [5.41, 5.74) is 1.27. The molecule has 3 heteroatoms. The van der Waals surface area contributed by atoms with Crippen LogP contribution < -0.4 is 0 Å². The zero-order valence-electron chi connectivity index (χ0n) is 9.99. The van der Waals surface area contributed by atoms with E-state index in [1.807, 2.05) is 0 Å². The first kappa shape index (κ1) is 11.9. The minimum Gasteiger partial charge on any atom is -0.344 e. The van der Waals surface area contributed by atoms with Gasteiger partial charge in [0.1, 0.15) is 6.10 Å². The van der Waals surface area contributed by atoms with E-state index in [9.17, 15) is 0 Å². The van der Waals surface area contributed by atoms with Crippen molar-refractivity contribution >= 4 is 22.6 Å². The first-order chi connectivity index (χ1) is 8.20. The van der Waals surface area contributed by atoms with E-state index < -0.39 is 0 Å². The van der Waals surface area contributed by atoms with Crippen molar-refractivity contribution in [2.24, 2.45) is 0 Å². The molecule has 2 atom stereocenters. The van der Waals surface area contributed by atoms with Gasteiger partial charge >= 0.3 is 0 Å². The van der Waals surface area contributed by atoms with Gasteiger partial charge in [0.2, 0.25) is 0 Å². The van der Waals surface area contributed by atoms with E-state index in [0.717, 1.165) is 12.8 Å². The minimum absolute atomic E-state index is 0.0983. The predicted octanol–water partition coefficient (Wildman–Crippen LogP) is 4.04. The molecule has 92 valence electrons. The molecular formula is C14H17IO2. The monoisotopic (exact) mass is 344 g/mol. The van der Waals surface area contributed by atoms with E-state index in [1.165, 1.54) is 22.0 Å². The maximum atomic E-state index is 6.26. The van der Waals surface area contributed by atoms with Gasteiger partial charge < -0.3 is 9.47 Å². The van der Waals surface area contributed by atoms with E-state index in [0.29, 0.717) is 0 Å². The zero-order chi connectivity index (χ0) is 11.9. The molecule has 1 saturated heterocycles. The van der Waals surface area contributed by atoms with Gasteiger partial charge in [0, 0.05) is 16.4 Å². The van der Waals surface area contributed by atoms with Gasteiger partial charge in [-0.1, -0.05) is 18.2 Å². The van der Waals surface area contributed by atoms with E-state index in [1.54, 1.807) is 0 Å². The van der Waals surface area contributed by atoms with Gasteiger partial charge in [0.15, 0.2) is 5.79 Å². The normalized spacial score (nSPS) is 31.2. The van der Waals surface area contributed by atoms with Crippen LogP contribution in [0.1, 0.15) is 44.3 Å². The molecule has 1 spiro atoms. The van der Waals surface area contributed by atoms with Crippen molar-refractivity contribution in [2.45, 2.75) is 50.6 Å². The van der Waals surface area contributed by atoms with Gasteiger partial charge in [0.25, 0.3) is 0 Å². The van der Waals surface area contributed by atoms with Crippen LogP contribution in [0.5, 0.6) is 0 Å². The Bertz CT molecular complexity index is 412. The number of halogens is 1. The average molecular weight is 344 g/mol. The standard InChI is InChI=1S/C14H17IO2/c1-10-13(11-6-2-3-7-12(11)15)17-14(16-10)8-4-5-9-14/h2-3,6-7,10,13H,4-5,8-9H2,1H3/t10-,13+/m1/s1. The predicted molar refractivity (Wildman–Crippen MR) is 74.7 cm³/mol. The topological polar surface area (TPSA) is 18.5 Å². The molecule has 2 nitrogen and oxygen atoms in total. The fourth-order valence-corrected chi connectivity index (χ4v) is 3.62. The average Bonchev–Trinajstić information content (AvgIpc) is 2.88. The lowest BCUT2D eigenvalue weighted by Crippen LogP contribution is -2.26. The van der Waals surface area contributed by atoms with E-state index in [2.05, 4.69) is 53.8 Å². The number of hydrogen-bond acceptors (Lipinski definition) is 2. The lowest BCUT2D eigenvalue weighted by molar-refractivity contribution is -0.168. The lowest BCUT2D eigenvalue weighted by atomic mass is 10.1. The van der Waals surface area contributed by atoms with E-state index in [-0.39, 0.29) is 18.0 Å². The van der Waals surface area contributed by atoms with Crippen LogP contribution in [0.4, 0.5) is 0 Å². The van der Waals surface area contributed by atoms with Crippen molar-refractivity contribution in [3.05, 3.63) is 33.4 Å². The highest BCUT2D eigenvalue weighted by Gasteiger charge is 2.48. The fourth-order valence-electron chi connectivity index (χ4n) is 2.93. The summed E-state index contributed by atoms with van der Waals surface area (Å²) in [7, 11) is 0. The van der Waals surface area contributed by atoms with Crippen LogP contribution in [0.2, 0.25) is 0 Å². The molecule has 0 radical (unpaired) electrons. The third-order valence-corrected chi connectivity index (χ3v) is 4.73. The molecule has 0 N–H and O–H groups in total. The summed E-state index contributed by atoms with van der Waals surface area (Å²) in [6, 6.07) is 8.43. The molecule has 1 aliphatic heterocycles. The summed E-state index contributed by atoms with van der Waals surface area (Å²) in [6.45, 7) is 2.13. The lowest BCUT2D eigenvalue weighted by Gasteiger charge is -2.22. The van der Waals surface area contributed by atoms with E-state index in [4.69, 9.17) is 9.47 Å². The summed E-state index contributed by atoms with van der Waals surface area (Å²) in [5.74, 6) is -0.275.